The smallest absolute Gasteiger partial charge is 0.262 e. The average Bonchev–Trinajstić information content (AvgIpc) is 2.95. The van der Waals surface area contributed by atoms with Crippen molar-refractivity contribution in [2.24, 2.45) is 0 Å². The molecule has 144 valence electrons. The molecular weight excluding hydrogens is 372 g/mol. The third kappa shape index (κ3) is 5.79. The van der Waals surface area contributed by atoms with Gasteiger partial charge in [0.05, 0.1) is 11.7 Å². The normalized spacial score (nSPS) is 15.4. The zero-order chi connectivity index (χ0) is 17.5. The number of aryl methyl sites for hydroxylation is 1. The maximum absolute atomic E-state index is 12.3. The fourth-order valence-electron chi connectivity index (χ4n) is 3.32. The van der Waals surface area contributed by atoms with Crippen LogP contribution in [0.2, 0.25) is 0 Å². The molecule has 0 aromatic carbocycles. The van der Waals surface area contributed by atoms with E-state index in [-0.39, 0.29) is 23.9 Å². The van der Waals surface area contributed by atoms with E-state index in [2.05, 4.69) is 15.6 Å². The van der Waals surface area contributed by atoms with Crippen molar-refractivity contribution < 1.29 is 4.79 Å². The molecule has 0 unspecified atom stereocenters. The van der Waals surface area contributed by atoms with Crippen molar-refractivity contribution in [2.45, 2.75) is 57.5 Å². The number of carbonyl (C=O) groups is 1. The van der Waals surface area contributed by atoms with Crippen LogP contribution in [0.25, 0.3) is 10.2 Å². The highest BCUT2D eigenvalue weighted by atomic mass is 35.5. The van der Waals surface area contributed by atoms with Crippen molar-refractivity contribution in [3.63, 3.8) is 0 Å². The molecule has 2 heterocycles. The van der Waals surface area contributed by atoms with Crippen molar-refractivity contribution in [1.82, 2.24) is 20.2 Å². The third-order valence-electron chi connectivity index (χ3n) is 4.77. The molecule has 26 heavy (non-hydrogen) atoms. The van der Waals surface area contributed by atoms with Gasteiger partial charge < -0.3 is 10.6 Å². The molecule has 1 aliphatic rings. The van der Waals surface area contributed by atoms with Gasteiger partial charge in [0.25, 0.3) is 5.56 Å². The van der Waals surface area contributed by atoms with E-state index in [1.807, 2.05) is 5.38 Å². The summed E-state index contributed by atoms with van der Waals surface area (Å²) in [5, 5.41) is 8.95. The van der Waals surface area contributed by atoms with Gasteiger partial charge in [-0.15, -0.1) is 23.7 Å². The Bertz CT molecular complexity index is 753. The van der Waals surface area contributed by atoms with Crippen LogP contribution in [0.3, 0.4) is 0 Å². The highest BCUT2D eigenvalue weighted by molar-refractivity contribution is 7.16. The molecule has 0 bridgehead atoms. The zero-order valence-corrected chi connectivity index (χ0v) is 16.5. The van der Waals surface area contributed by atoms with Crippen molar-refractivity contribution >= 4 is 39.9 Å². The van der Waals surface area contributed by atoms with Crippen LogP contribution in [0, 0.1) is 0 Å². The van der Waals surface area contributed by atoms with Crippen LogP contribution >= 0.6 is 23.7 Å². The zero-order valence-electron chi connectivity index (χ0n) is 14.9. The van der Waals surface area contributed by atoms with Gasteiger partial charge in [-0.3, -0.25) is 14.2 Å². The predicted octanol–water partition coefficient (Wildman–Crippen LogP) is 2.70. The molecule has 1 amide bonds. The summed E-state index contributed by atoms with van der Waals surface area (Å²) in [7, 11) is 0. The molecular formula is C18H27ClN4O2S. The van der Waals surface area contributed by atoms with E-state index >= 15 is 0 Å². The second kappa shape index (κ2) is 10.6. The number of hydrogen-bond donors (Lipinski definition) is 2. The molecule has 0 aliphatic heterocycles. The first kappa shape index (κ1) is 20.9. The lowest BCUT2D eigenvalue weighted by Crippen LogP contribution is -2.37. The first-order chi connectivity index (χ1) is 12.2. The Morgan fingerprint density at radius 1 is 1.23 bits per heavy atom. The molecule has 0 atom stereocenters. The molecule has 1 fully saturated rings. The lowest BCUT2D eigenvalue weighted by Gasteiger charge is -2.16. The van der Waals surface area contributed by atoms with Crippen LogP contribution in [0.1, 0.15) is 44.9 Å². The standard InChI is InChI=1S/C18H26N4O2S.ClH/c23-16(20-10-9-19-14-5-3-1-2-4-6-14)7-11-22-13-21-17-15(18(22)24)8-12-25-17;/h8,12-14,19H,1-7,9-11H2,(H,20,23);1H. The summed E-state index contributed by atoms with van der Waals surface area (Å²) in [6.07, 6.45) is 9.62. The minimum atomic E-state index is -0.0749. The molecule has 8 heteroatoms. The molecule has 1 aliphatic carbocycles. The monoisotopic (exact) mass is 398 g/mol. The number of nitrogens with zero attached hydrogens (tertiary/aromatic N) is 2. The number of carbonyl (C=O) groups excluding carboxylic acids is 1. The number of nitrogens with one attached hydrogen (secondary N) is 2. The maximum atomic E-state index is 12.3. The summed E-state index contributed by atoms with van der Waals surface area (Å²) < 4.78 is 1.51. The van der Waals surface area contributed by atoms with Crippen molar-refractivity contribution in [3.05, 3.63) is 28.1 Å². The van der Waals surface area contributed by atoms with Crippen LogP contribution < -0.4 is 16.2 Å². The van der Waals surface area contributed by atoms with Crippen LogP contribution in [-0.2, 0) is 11.3 Å². The van der Waals surface area contributed by atoms with E-state index in [1.54, 1.807) is 6.07 Å². The molecule has 2 aromatic rings. The topological polar surface area (TPSA) is 76.0 Å². The van der Waals surface area contributed by atoms with Gasteiger partial charge >= 0.3 is 0 Å². The number of hydrogen-bond acceptors (Lipinski definition) is 5. The fraction of sp³-hybridized carbons (Fsp3) is 0.611. The summed E-state index contributed by atoms with van der Waals surface area (Å²) in [5.41, 5.74) is -0.0749. The number of fused-ring (bicyclic) bond motifs is 1. The van der Waals surface area contributed by atoms with Crippen molar-refractivity contribution in [1.29, 1.82) is 0 Å². The Hall–Kier alpha value is -1.44. The molecule has 2 N–H and O–H groups in total. The van der Waals surface area contributed by atoms with E-state index in [0.717, 1.165) is 11.4 Å². The lowest BCUT2D eigenvalue weighted by molar-refractivity contribution is -0.121. The summed E-state index contributed by atoms with van der Waals surface area (Å²) in [6, 6.07) is 2.38. The summed E-state index contributed by atoms with van der Waals surface area (Å²) >= 11 is 1.45. The molecule has 3 rings (SSSR count). The Balaban J connectivity index is 0.00000243. The van der Waals surface area contributed by atoms with E-state index in [4.69, 9.17) is 0 Å². The van der Waals surface area contributed by atoms with Crippen LogP contribution in [0.15, 0.2) is 22.6 Å². The fourth-order valence-corrected chi connectivity index (χ4v) is 4.05. The molecule has 0 saturated heterocycles. The highest BCUT2D eigenvalue weighted by Gasteiger charge is 2.11. The first-order valence-electron chi connectivity index (χ1n) is 9.17. The van der Waals surface area contributed by atoms with Crippen LogP contribution in [0.4, 0.5) is 0 Å². The Labute approximate surface area is 163 Å². The van der Waals surface area contributed by atoms with Gasteiger partial charge in [-0.2, -0.15) is 0 Å². The summed E-state index contributed by atoms with van der Waals surface area (Å²) in [5.74, 6) is -0.0278. The predicted molar refractivity (Wildman–Crippen MR) is 108 cm³/mol. The summed E-state index contributed by atoms with van der Waals surface area (Å²) in [4.78, 5) is 29.2. The highest BCUT2D eigenvalue weighted by Crippen LogP contribution is 2.16. The van der Waals surface area contributed by atoms with Crippen molar-refractivity contribution in [3.8, 4) is 0 Å². The number of halogens is 1. The number of amides is 1. The molecule has 0 radical (unpaired) electrons. The van der Waals surface area contributed by atoms with Crippen LogP contribution in [-0.4, -0.2) is 34.6 Å². The minimum absolute atomic E-state index is 0. The Morgan fingerprint density at radius 2 is 2.00 bits per heavy atom. The van der Waals surface area contributed by atoms with E-state index in [1.165, 1.54) is 60.8 Å². The van der Waals surface area contributed by atoms with E-state index in [0.29, 0.717) is 30.9 Å². The Morgan fingerprint density at radius 3 is 2.77 bits per heavy atom. The maximum Gasteiger partial charge on any atom is 0.262 e. The lowest BCUT2D eigenvalue weighted by atomic mass is 10.1. The molecule has 2 aromatic heterocycles. The summed E-state index contributed by atoms with van der Waals surface area (Å²) in [6.45, 7) is 1.80. The van der Waals surface area contributed by atoms with Gasteiger partial charge in [-0.1, -0.05) is 25.7 Å². The second-order valence-electron chi connectivity index (χ2n) is 6.63. The largest absolute Gasteiger partial charge is 0.355 e. The van der Waals surface area contributed by atoms with Crippen LogP contribution in [0.5, 0.6) is 0 Å². The van der Waals surface area contributed by atoms with Gasteiger partial charge in [0.2, 0.25) is 5.91 Å². The minimum Gasteiger partial charge on any atom is -0.355 e. The second-order valence-corrected chi connectivity index (χ2v) is 7.52. The number of rotatable bonds is 7. The van der Waals surface area contributed by atoms with Gasteiger partial charge in [-0.05, 0) is 24.3 Å². The van der Waals surface area contributed by atoms with E-state index < -0.39 is 0 Å². The number of thiophene rings is 1. The third-order valence-corrected chi connectivity index (χ3v) is 5.59. The van der Waals surface area contributed by atoms with Gasteiger partial charge in [0.15, 0.2) is 0 Å². The van der Waals surface area contributed by atoms with Gasteiger partial charge in [0, 0.05) is 32.1 Å². The SMILES string of the molecule is Cl.O=C(CCn1cnc2sccc2c1=O)NCCNC1CCCCCC1. The Kier molecular flexibility index (Phi) is 8.54. The molecule has 0 spiro atoms. The van der Waals surface area contributed by atoms with Gasteiger partial charge in [0.1, 0.15) is 4.83 Å². The first-order valence-corrected chi connectivity index (χ1v) is 10.0. The quantitative estimate of drug-likeness (QED) is 0.555. The molecule has 1 saturated carbocycles. The van der Waals surface area contributed by atoms with Gasteiger partial charge in [-0.25, -0.2) is 4.98 Å². The molecule has 6 nitrogen and oxygen atoms in total. The van der Waals surface area contributed by atoms with E-state index in [9.17, 15) is 9.59 Å². The number of aromatic nitrogens is 2. The van der Waals surface area contributed by atoms with Crippen molar-refractivity contribution in [2.75, 3.05) is 13.1 Å². The average molecular weight is 399 g/mol.